The quantitative estimate of drug-likeness (QED) is 0.619. The molecule has 1 aromatic heterocycles. The van der Waals surface area contributed by atoms with Crippen molar-refractivity contribution in [2.24, 2.45) is 5.92 Å². The first-order chi connectivity index (χ1) is 9.72. The monoisotopic (exact) mass is 270 g/mol. The Morgan fingerprint density at radius 1 is 1.30 bits per heavy atom. The Kier molecular flexibility index (Phi) is 2.36. The summed E-state index contributed by atoms with van der Waals surface area (Å²) >= 11 is 0. The molecule has 4 heterocycles. The average Bonchev–Trinajstić information content (AvgIpc) is 2.95. The molecule has 0 N–H and O–H groups in total. The zero-order chi connectivity index (χ0) is 13.7. The number of benzene rings is 1. The van der Waals surface area contributed by atoms with Crippen LogP contribution >= 0.6 is 0 Å². The predicted molar refractivity (Wildman–Crippen MR) is 75.1 cm³/mol. The molecule has 3 aliphatic rings. The molecule has 2 aromatic rings. The summed E-state index contributed by atoms with van der Waals surface area (Å²) in [5, 5.41) is 11.9. The minimum Gasteiger partial charge on any atom is -0.464 e. The van der Waals surface area contributed by atoms with Crippen LogP contribution < -0.4 is 0 Å². The van der Waals surface area contributed by atoms with Gasteiger partial charge < -0.3 is 9.32 Å². The van der Waals surface area contributed by atoms with Crippen molar-refractivity contribution < 1.29 is 9.34 Å². The Labute approximate surface area is 115 Å². The van der Waals surface area contributed by atoms with Crippen LogP contribution in [0.15, 0.2) is 35.1 Å². The molecule has 2 bridgehead atoms. The molecular weight excluding hydrogens is 256 g/mol. The van der Waals surface area contributed by atoms with Gasteiger partial charge in [0.2, 0.25) is 0 Å². The maximum Gasteiger partial charge on any atom is 0.270 e. The van der Waals surface area contributed by atoms with Crippen LogP contribution in [-0.2, 0) is 0 Å². The summed E-state index contributed by atoms with van der Waals surface area (Å²) in [6.45, 7) is 2.18. The Balaban J connectivity index is 1.94. The molecule has 5 rings (SSSR count). The van der Waals surface area contributed by atoms with Gasteiger partial charge in [-0.15, -0.1) is 0 Å². The summed E-state index contributed by atoms with van der Waals surface area (Å²) in [5.41, 5.74) is 2.96. The molecule has 0 unspecified atom stereocenters. The fourth-order valence-corrected chi connectivity index (χ4v) is 3.32. The van der Waals surface area contributed by atoms with Gasteiger partial charge in [-0.2, -0.15) is 0 Å². The summed E-state index contributed by atoms with van der Waals surface area (Å²) in [4.78, 5) is 13.1. The first-order valence-electron chi connectivity index (χ1n) is 6.84. The molecule has 102 valence electrons. The lowest BCUT2D eigenvalue weighted by Crippen LogP contribution is -2.35. The highest BCUT2D eigenvalue weighted by atomic mass is 16.6. The van der Waals surface area contributed by atoms with E-state index in [0.717, 1.165) is 42.5 Å². The molecule has 5 nitrogen and oxygen atoms in total. The Hall–Kier alpha value is -2.30. The molecule has 20 heavy (non-hydrogen) atoms. The van der Waals surface area contributed by atoms with E-state index in [0.29, 0.717) is 5.92 Å². The molecule has 0 radical (unpaired) electrons. The highest BCUT2D eigenvalue weighted by Crippen LogP contribution is 2.41. The molecule has 0 amide bonds. The van der Waals surface area contributed by atoms with Gasteiger partial charge in [-0.25, -0.2) is 0 Å². The van der Waals surface area contributed by atoms with Crippen LogP contribution in [0.3, 0.4) is 0 Å². The van der Waals surface area contributed by atoms with Crippen molar-refractivity contribution in [1.29, 1.82) is 0 Å². The number of nitro groups is 1. The van der Waals surface area contributed by atoms with Gasteiger partial charge in [0.05, 0.1) is 11.2 Å². The van der Waals surface area contributed by atoms with Crippen molar-refractivity contribution in [2.45, 2.75) is 12.8 Å². The SMILES string of the molecule is O=[N+]([O-])c1cc(C2=CN3CCC2CC3)c2occc2c1. The lowest BCUT2D eigenvalue weighted by Gasteiger charge is -2.39. The number of rotatable bonds is 2. The Bertz CT molecular complexity index is 724. The van der Waals surface area contributed by atoms with Crippen molar-refractivity contribution in [3.63, 3.8) is 0 Å². The van der Waals surface area contributed by atoms with E-state index in [1.807, 2.05) is 0 Å². The molecule has 0 atom stereocenters. The lowest BCUT2D eigenvalue weighted by molar-refractivity contribution is -0.384. The number of hydrogen-bond donors (Lipinski definition) is 0. The molecule has 5 heteroatoms. The van der Waals surface area contributed by atoms with Crippen LogP contribution in [0.1, 0.15) is 18.4 Å². The minimum absolute atomic E-state index is 0.131. The van der Waals surface area contributed by atoms with Crippen molar-refractivity contribution in [2.75, 3.05) is 13.1 Å². The molecule has 1 fully saturated rings. The number of hydrogen-bond acceptors (Lipinski definition) is 4. The first-order valence-corrected chi connectivity index (χ1v) is 6.84. The summed E-state index contributed by atoms with van der Waals surface area (Å²) < 4.78 is 5.56. The predicted octanol–water partition coefficient (Wildman–Crippen LogP) is 3.41. The smallest absolute Gasteiger partial charge is 0.270 e. The second-order valence-corrected chi connectivity index (χ2v) is 5.48. The third kappa shape index (κ3) is 1.62. The molecule has 1 aromatic carbocycles. The van der Waals surface area contributed by atoms with Gasteiger partial charge in [0.25, 0.3) is 5.69 Å². The van der Waals surface area contributed by atoms with E-state index >= 15 is 0 Å². The number of fused-ring (bicyclic) bond motifs is 3. The number of nitrogens with zero attached hydrogens (tertiary/aromatic N) is 2. The number of nitro benzene ring substituents is 1. The van der Waals surface area contributed by atoms with Crippen molar-refractivity contribution in [3.8, 4) is 0 Å². The summed E-state index contributed by atoms with van der Waals surface area (Å²) in [6.07, 6.45) is 5.99. The zero-order valence-electron chi connectivity index (χ0n) is 10.9. The first kappa shape index (κ1) is 11.5. The van der Waals surface area contributed by atoms with E-state index in [1.165, 1.54) is 5.57 Å². The Morgan fingerprint density at radius 3 is 2.75 bits per heavy atom. The number of allylic oxidation sites excluding steroid dienone is 1. The fourth-order valence-electron chi connectivity index (χ4n) is 3.32. The summed E-state index contributed by atoms with van der Waals surface area (Å²) in [5.74, 6) is 0.496. The molecular formula is C15H14N2O3. The molecule has 0 spiro atoms. The second kappa shape index (κ2) is 4.10. The van der Waals surface area contributed by atoms with E-state index in [4.69, 9.17) is 4.42 Å². The van der Waals surface area contributed by atoms with Gasteiger partial charge in [-0.05, 0) is 30.4 Å². The summed E-state index contributed by atoms with van der Waals surface area (Å²) in [6, 6.07) is 5.01. The lowest BCUT2D eigenvalue weighted by atomic mass is 9.82. The van der Waals surface area contributed by atoms with Gasteiger partial charge in [-0.1, -0.05) is 0 Å². The average molecular weight is 270 g/mol. The summed E-state index contributed by atoms with van der Waals surface area (Å²) in [7, 11) is 0. The molecule has 0 aliphatic carbocycles. The third-order valence-corrected chi connectivity index (χ3v) is 4.35. The zero-order valence-corrected chi connectivity index (χ0v) is 10.9. The van der Waals surface area contributed by atoms with Gasteiger partial charge in [-0.3, -0.25) is 10.1 Å². The van der Waals surface area contributed by atoms with Gasteiger partial charge in [0, 0.05) is 42.4 Å². The molecule has 3 aliphatic heterocycles. The van der Waals surface area contributed by atoms with E-state index in [2.05, 4.69) is 11.1 Å². The van der Waals surface area contributed by atoms with Gasteiger partial charge in [0.1, 0.15) is 5.58 Å². The Morgan fingerprint density at radius 2 is 2.10 bits per heavy atom. The van der Waals surface area contributed by atoms with Crippen LogP contribution in [0, 0.1) is 16.0 Å². The van der Waals surface area contributed by atoms with Crippen LogP contribution in [-0.4, -0.2) is 22.9 Å². The highest BCUT2D eigenvalue weighted by molar-refractivity contribution is 5.92. The molecule has 0 saturated carbocycles. The van der Waals surface area contributed by atoms with E-state index in [1.54, 1.807) is 24.5 Å². The topological polar surface area (TPSA) is 59.5 Å². The highest BCUT2D eigenvalue weighted by Gasteiger charge is 2.30. The van der Waals surface area contributed by atoms with E-state index < -0.39 is 0 Å². The fraction of sp³-hybridized carbons (Fsp3) is 0.333. The number of furan rings is 1. The van der Waals surface area contributed by atoms with Crippen LogP contribution in [0.5, 0.6) is 0 Å². The third-order valence-electron chi connectivity index (χ3n) is 4.35. The van der Waals surface area contributed by atoms with Crippen molar-refractivity contribution in [1.82, 2.24) is 4.90 Å². The van der Waals surface area contributed by atoms with E-state index in [9.17, 15) is 10.1 Å². The second-order valence-electron chi connectivity index (χ2n) is 5.48. The van der Waals surface area contributed by atoms with Gasteiger partial charge >= 0.3 is 0 Å². The number of non-ortho nitro benzene ring substituents is 1. The van der Waals surface area contributed by atoms with Crippen LogP contribution in [0.4, 0.5) is 5.69 Å². The number of piperidine rings is 1. The van der Waals surface area contributed by atoms with Gasteiger partial charge in [0.15, 0.2) is 0 Å². The largest absolute Gasteiger partial charge is 0.464 e. The molecule has 1 saturated heterocycles. The van der Waals surface area contributed by atoms with E-state index in [-0.39, 0.29) is 10.6 Å². The van der Waals surface area contributed by atoms with Crippen molar-refractivity contribution >= 4 is 22.2 Å². The normalized spacial score (nSPS) is 18.6. The van der Waals surface area contributed by atoms with Crippen LogP contribution in [0.2, 0.25) is 0 Å². The van der Waals surface area contributed by atoms with Crippen molar-refractivity contribution in [3.05, 3.63) is 46.3 Å². The standard InChI is InChI=1S/C15H14N2O3/c18-17(19)12-7-11-3-6-20-15(11)13(8-12)14-9-16-4-1-10(14)2-5-16/h3,6-10H,1-2,4-5H2. The maximum atomic E-state index is 11.1. The minimum atomic E-state index is -0.335. The van der Waals surface area contributed by atoms with Crippen LogP contribution in [0.25, 0.3) is 16.5 Å². The maximum absolute atomic E-state index is 11.1.